The molecule has 1 saturated heterocycles. The molecule has 3 rings (SSSR count). The van der Waals surface area contributed by atoms with E-state index in [1.165, 1.54) is 19.2 Å². The smallest absolute Gasteiger partial charge is 0.341 e. The Morgan fingerprint density at radius 1 is 1.33 bits per heavy atom. The fraction of sp³-hybridized carbons (Fsp3) is 0.429. The number of hydrogen-bond acceptors (Lipinski definition) is 5. The molecule has 0 aliphatic carbocycles. The van der Waals surface area contributed by atoms with Crippen molar-refractivity contribution in [2.24, 2.45) is 4.99 Å². The number of halogens is 2. The van der Waals surface area contributed by atoms with Crippen molar-refractivity contribution in [1.29, 1.82) is 0 Å². The summed E-state index contributed by atoms with van der Waals surface area (Å²) in [6.07, 6.45) is -0.205. The summed E-state index contributed by atoms with van der Waals surface area (Å²) in [6.45, 7) is 5.34. The van der Waals surface area contributed by atoms with Gasteiger partial charge in [0.1, 0.15) is 29.0 Å². The minimum atomic E-state index is -0.425. The lowest BCUT2D eigenvalue weighted by Gasteiger charge is -2.38. The van der Waals surface area contributed by atoms with Gasteiger partial charge < -0.3 is 24.1 Å². The number of methoxy groups -OCH3 is 1. The highest BCUT2D eigenvalue weighted by Gasteiger charge is 2.28. The molecule has 1 aromatic heterocycles. The Kier molecular flexibility index (Phi) is 8.65. The number of nitrogens with one attached hydrogen (secondary N) is 1. The quantitative estimate of drug-likeness (QED) is 0.281. The van der Waals surface area contributed by atoms with E-state index in [1.54, 1.807) is 32.2 Å². The topological polar surface area (TPSA) is 76.3 Å². The van der Waals surface area contributed by atoms with Gasteiger partial charge in [-0.15, -0.1) is 24.0 Å². The van der Waals surface area contributed by atoms with Crippen molar-refractivity contribution >= 4 is 35.9 Å². The maximum Gasteiger partial charge on any atom is 0.341 e. The summed E-state index contributed by atoms with van der Waals surface area (Å²) in [7, 11) is 3.05. The maximum absolute atomic E-state index is 13.2. The summed E-state index contributed by atoms with van der Waals surface area (Å²) in [5.41, 5.74) is 1.33. The number of benzene rings is 1. The van der Waals surface area contributed by atoms with Crippen LogP contribution in [0.4, 0.5) is 4.39 Å². The molecule has 1 aromatic carbocycles. The Morgan fingerprint density at radius 2 is 2.03 bits per heavy atom. The number of hydrogen-bond donors (Lipinski definition) is 1. The summed E-state index contributed by atoms with van der Waals surface area (Å²) >= 11 is 0. The van der Waals surface area contributed by atoms with Gasteiger partial charge in [0.15, 0.2) is 5.96 Å². The van der Waals surface area contributed by atoms with Gasteiger partial charge in [-0.2, -0.15) is 0 Å². The van der Waals surface area contributed by atoms with Crippen molar-refractivity contribution in [3.05, 3.63) is 58.8 Å². The molecule has 1 N–H and O–H groups in total. The first-order valence-corrected chi connectivity index (χ1v) is 9.45. The lowest BCUT2D eigenvalue weighted by molar-refractivity contribution is -0.0605. The van der Waals surface area contributed by atoms with Crippen LogP contribution in [0.1, 0.15) is 40.5 Å². The number of guanidine groups is 1. The molecule has 30 heavy (non-hydrogen) atoms. The summed E-state index contributed by atoms with van der Waals surface area (Å²) in [6, 6.07) is 8.03. The molecule has 2 heterocycles. The Bertz CT molecular complexity index is 885. The highest BCUT2D eigenvalue weighted by molar-refractivity contribution is 14.0. The predicted octanol–water partition coefficient (Wildman–Crippen LogP) is 3.67. The first-order chi connectivity index (χ1) is 13.9. The monoisotopic (exact) mass is 531 g/mol. The number of carbonyl (C=O) groups excluding carboxylic acids is 1. The van der Waals surface area contributed by atoms with Gasteiger partial charge in [-0.3, -0.25) is 4.99 Å². The van der Waals surface area contributed by atoms with Crippen molar-refractivity contribution < 1.29 is 23.1 Å². The molecular weight excluding hydrogens is 504 g/mol. The molecule has 0 bridgehead atoms. The Morgan fingerprint density at radius 3 is 2.67 bits per heavy atom. The zero-order valence-electron chi connectivity index (χ0n) is 17.5. The number of esters is 1. The zero-order valence-corrected chi connectivity index (χ0v) is 19.8. The predicted molar refractivity (Wildman–Crippen MR) is 122 cm³/mol. The second-order valence-electron chi connectivity index (χ2n) is 6.97. The molecule has 0 radical (unpaired) electrons. The van der Waals surface area contributed by atoms with E-state index in [0.29, 0.717) is 42.7 Å². The molecule has 7 nitrogen and oxygen atoms in total. The maximum atomic E-state index is 13.2. The van der Waals surface area contributed by atoms with Crippen LogP contribution in [-0.2, 0) is 16.0 Å². The normalized spacial score (nSPS) is 19.2. The number of ether oxygens (including phenoxy) is 2. The van der Waals surface area contributed by atoms with Gasteiger partial charge in [-0.05, 0) is 37.6 Å². The third-order valence-electron chi connectivity index (χ3n) is 4.81. The van der Waals surface area contributed by atoms with Crippen LogP contribution >= 0.6 is 24.0 Å². The molecule has 2 atom stereocenters. The average Bonchev–Trinajstić information content (AvgIpc) is 3.08. The third kappa shape index (κ3) is 5.72. The van der Waals surface area contributed by atoms with E-state index in [0.717, 1.165) is 5.56 Å². The molecule has 0 spiro atoms. The highest BCUT2D eigenvalue weighted by atomic mass is 127. The second kappa shape index (κ2) is 10.8. The average molecular weight is 531 g/mol. The van der Waals surface area contributed by atoms with Gasteiger partial charge in [0.25, 0.3) is 0 Å². The van der Waals surface area contributed by atoms with E-state index in [-0.39, 0.29) is 42.0 Å². The number of morpholine rings is 1. The molecule has 9 heteroatoms. The van der Waals surface area contributed by atoms with Crippen molar-refractivity contribution in [3.63, 3.8) is 0 Å². The van der Waals surface area contributed by atoms with Crippen LogP contribution < -0.4 is 5.32 Å². The standard InChI is InChI=1S/C21H26FN3O4.HI/c1-13-11-25(12-19(28-13)15-5-7-16(22)8-6-15)21(23-3)24-10-17-9-18(14(2)29-17)20(26)27-4;/h5-9,13,19H,10-12H2,1-4H3,(H,23,24);1H. The van der Waals surface area contributed by atoms with Crippen LogP contribution in [0.2, 0.25) is 0 Å². The molecular formula is C21H27FIN3O4. The van der Waals surface area contributed by atoms with E-state index in [2.05, 4.69) is 15.2 Å². The van der Waals surface area contributed by atoms with Gasteiger partial charge in [-0.1, -0.05) is 12.1 Å². The number of furan rings is 1. The lowest BCUT2D eigenvalue weighted by Crippen LogP contribution is -2.50. The van der Waals surface area contributed by atoms with Crippen LogP contribution in [0, 0.1) is 12.7 Å². The molecule has 0 amide bonds. The number of rotatable bonds is 4. The number of nitrogens with zero attached hydrogens (tertiary/aromatic N) is 2. The highest BCUT2D eigenvalue weighted by Crippen LogP contribution is 2.25. The van der Waals surface area contributed by atoms with Gasteiger partial charge in [0, 0.05) is 13.6 Å². The minimum absolute atomic E-state index is 0. The molecule has 1 fully saturated rings. The zero-order chi connectivity index (χ0) is 21.0. The van der Waals surface area contributed by atoms with Crippen LogP contribution in [0.25, 0.3) is 0 Å². The summed E-state index contributed by atoms with van der Waals surface area (Å²) in [5, 5.41) is 3.27. The molecule has 0 saturated carbocycles. The van der Waals surface area contributed by atoms with E-state index in [9.17, 15) is 9.18 Å². The molecule has 1 aliphatic heterocycles. The Hall–Kier alpha value is -2.14. The van der Waals surface area contributed by atoms with Crippen molar-refractivity contribution in [1.82, 2.24) is 10.2 Å². The fourth-order valence-electron chi connectivity index (χ4n) is 3.43. The molecule has 1 aliphatic rings. The lowest BCUT2D eigenvalue weighted by atomic mass is 10.1. The third-order valence-corrected chi connectivity index (χ3v) is 4.81. The fourth-order valence-corrected chi connectivity index (χ4v) is 3.43. The SMILES string of the molecule is CN=C(NCc1cc(C(=O)OC)c(C)o1)N1CC(C)OC(c2ccc(F)cc2)C1.I. The largest absolute Gasteiger partial charge is 0.465 e. The van der Waals surface area contributed by atoms with Crippen molar-refractivity contribution in [3.8, 4) is 0 Å². The Balaban J connectivity index is 0.00000320. The summed E-state index contributed by atoms with van der Waals surface area (Å²) < 4.78 is 29.7. The van der Waals surface area contributed by atoms with E-state index < -0.39 is 5.97 Å². The van der Waals surface area contributed by atoms with E-state index in [1.807, 2.05) is 6.92 Å². The molecule has 2 aromatic rings. The van der Waals surface area contributed by atoms with E-state index in [4.69, 9.17) is 13.9 Å². The van der Waals surface area contributed by atoms with Crippen LogP contribution in [0.5, 0.6) is 0 Å². The number of aliphatic imine (C=N–C) groups is 1. The van der Waals surface area contributed by atoms with Gasteiger partial charge in [0.2, 0.25) is 0 Å². The molecule has 2 unspecified atom stereocenters. The van der Waals surface area contributed by atoms with Gasteiger partial charge in [0.05, 0.1) is 26.3 Å². The van der Waals surface area contributed by atoms with Crippen molar-refractivity contribution in [2.75, 3.05) is 27.2 Å². The van der Waals surface area contributed by atoms with Crippen LogP contribution in [0.15, 0.2) is 39.7 Å². The van der Waals surface area contributed by atoms with Crippen LogP contribution in [-0.4, -0.2) is 50.2 Å². The van der Waals surface area contributed by atoms with Gasteiger partial charge >= 0.3 is 5.97 Å². The van der Waals surface area contributed by atoms with Crippen molar-refractivity contribution in [2.45, 2.75) is 32.6 Å². The number of aryl methyl sites for hydroxylation is 1. The van der Waals surface area contributed by atoms with Crippen LogP contribution in [0.3, 0.4) is 0 Å². The first-order valence-electron chi connectivity index (χ1n) is 9.45. The van der Waals surface area contributed by atoms with Gasteiger partial charge in [-0.25, -0.2) is 9.18 Å². The van der Waals surface area contributed by atoms with E-state index >= 15 is 0 Å². The number of carbonyl (C=O) groups is 1. The Labute approximate surface area is 192 Å². The summed E-state index contributed by atoms with van der Waals surface area (Å²) in [4.78, 5) is 18.2. The summed E-state index contributed by atoms with van der Waals surface area (Å²) in [5.74, 6) is 1.12. The first kappa shape index (κ1) is 24.1. The molecule has 164 valence electrons. The second-order valence-corrected chi connectivity index (χ2v) is 6.97. The minimum Gasteiger partial charge on any atom is -0.465 e.